The van der Waals surface area contributed by atoms with Crippen molar-refractivity contribution >= 4 is 29.2 Å². The topological polar surface area (TPSA) is 78.9 Å². The Hall–Kier alpha value is -2.54. The summed E-state index contributed by atoms with van der Waals surface area (Å²) in [7, 11) is 0. The van der Waals surface area contributed by atoms with Crippen molar-refractivity contribution in [2.75, 3.05) is 4.90 Å². The second kappa shape index (κ2) is 11.0. The summed E-state index contributed by atoms with van der Waals surface area (Å²) in [6, 6.07) is 11.2. The zero-order chi connectivity index (χ0) is 22.1. The van der Waals surface area contributed by atoms with Gasteiger partial charge < -0.3 is 15.2 Å². The van der Waals surface area contributed by atoms with E-state index in [9.17, 15) is 14.7 Å². The number of amides is 2. The molecule has 7 heteroatoms. The average Bonchev–Trinajstić information content (AvgIpc) is 3.16. The highest BCUT2D eigenvalue weighted by Gasteiger charge is 2.23. The Morgan fingerprint density at radius 1 is 1.20 bits per heavy atom. The number of para-hydroxylation sites is 1. The molecule has 1 aromatic heterocycles. The minimum atomic E-state index is -0.999. The van der Waals surface area contributed by atoms with E-state index in [1.54, 1.807) is 0 Å². The highest BCUT2D eigenvalue weighted by atomic mass is 32.1. The maximum Gasteiger partial charge on any atom is 0.412 e. The van der Waals surface area contributed by atoms with E-state index < -0.39 is 17.8 Å². The molecule has 2 amide bonds. The second-order valence-electron chi connectivity index (χ2n) is 8.27. The van der Waals surface area contributed by atoms with Crippen molar-refractivity contribution < 1.29 is 19.4 Å². The summed E-state index contributed by atoms with van der Waals surface area (Å²) in [6.07, 6.45) is 1.84. The number of anilines is 1. The molecule has 0 saturated heterocycles. The van der Waals surface area contributed by atoms with Gasteiger partial charge in [0.1, 0.15) is 5.60 Å². The number of carbonyl (C=O) groups excluding carboxylic acids is 1. The summed E-state index contributed by atoms with van der Waals surface area (Å²) < 4.78 is 5.42. The number of unbranched alkanes of at least 4 members (excludes halogenated alkanes) is 1. The van der Waals surface area contributed by atoms with Crippen LogP contribution in [0.3, 0.4) is 0 Å². The molecule has 0 aliphatic heterocycles. The van der Waals surface area contributed by atoms with Crippen LogP contribution in [0.1, 0.15) is 57.4 Å². The van der Waals surface area contributed by atoms with Crippen LogP contribution in [0, 0.1) is 0 Å². The van der Waals surface area contributed by atoms with Gasteiger partial charge in [0, 0.05) is 10.9 Å². The first-order chi connectivity index (χ1) is 14.2. The molecular formula is C23H32N2O4S. The van der Waals surface area contributed by atoms with Crippen LogP contribution in [0.25, 0.3) is 0 Å². The molecule has 2 aromatic rings. The van der Waals surface area contributed by atoms with Gasteiger partial charge in [-0.05, 0) is 56.7 Å². The number of nitrogens with zero attached hydrogens (tertiary/aromatic N) is 1. The van der Waals surface area contributed by atoms with Gasteiger partial charge in [0.15, 0.2) is 0 Å². The zero-order valence-corrected chi connectivity index (χ0v) is 19.0. The fraction of sp³-hybridized carbons (Fsp3) is 0.478. The molecule has 1 atom stereocenters. The number of carbonyl (C=O) groups is 2. The third kappa shape index (κ3) is 7.71. The Kier molecular flexibility index (Phi) is 8.72. The minimum Gasteiger partial charge on any atom is -0.465 e. The summed E-state index contributed by atoms with van der Waals surface area (Å²) in [5.74, 6) is 0. The Balaban J connectivity index is 2.23. The van der Waals surface area contributed by atoms with Gasteiger partial charge in [-0.3, -0.25) is 4.90 Å². The lowest BCUT2D eigenvalue weighted by atomic mass is 9.99. The summed E-state index contributed by atoms with van der Waals surface area (Å²) in [6.45, 7) is 7.89. The average molecular weight is 433 g/mol. The lowest BCUT2D eigenvalue weighted by Crippen LogP contribution is -2.40. The Bertz CT molecular complexity index is 815. The van der Waals surface area contributed by atoms with Crippen LogP contribution in [0.5, 0.6) is 0 Å². The Labute approximate surface area is 182 Å². The van der Waals surface area contributed by atoms with Crippen molar-refractivity contribution in [1.82, 2.24) is 5.32 Å². The van der Waals surface area contributed by atoms with Crippen LogP contribution in [-0.4, -0.2) is 28.9 Å². The molecule has 1 heterocycles. The number of ether oxygens (including phenoxy) is 1. The highest BCUT2D eigenvalue weighted by Crippen LogP contribution is 2.26. The number of thiophene rings is 1. The number of rotatable bonds is 9. The van der Waals surface area contributed by atoms with E-state index in [1.807, 2.05) is 62.5 Å². The van der Waals surface area contributed by atoms with E-state index in [1.165, 1.54) is 16.2 Å². The van der Waals surface area contributed by atoms with Gasteiger partial charge in [0.25, 0.3) is 0 Å². The van der Waals surface area contributed by atoms with Gasteiger partial charge in [-0.25, -0.2) is 9.59 Å². The normalized spacial score (nSPS) is 12.3. The monoisotopic (exact) mass is 432 g/mol. The van der Waals surface area contributed by atoms with Gasteiger partial charge in [-0.1, -0.05) is 44.0 Å². The smallest absolute Gasteiger partial charge is 0.412 e. The molecule has 2 rings (SSSR count). The first kappa shape index (κ1) is 23.7. The molecule has 0 aliphatic rings. The second-order valence-corrected chi connectivity index (χ2v) is 9.30. The lowest BCUT2D eigenvalue weighted by Gasteiger charge is -2.26. The van der Waals surface area contributed by atoms with E-state index in [0.717, 1.165) is 29.7 Å². The Morgan fingerprint density at radius 2 is 1.93 bits per heavy atom. The van der Waals surface area contributed by atoms with Crippen LogP contribution < -0.4 is 10.2 Å². The molecule has 0 aliphatic carbocycles. The zero-order valence-electron chi connectivity index (χ0n) is 18.2. The summed E-state index contributed by atoms with van der Waals surface area (Å²) >= 11 is 1.53. The standard InChI is InChI=1S/C23H32N2O4S/c1-5-6-11-18(24-21(26)29-23(2,3)4)15-17-10-7-8-13-20(17)25(22(27)28)16-19-12-9-14-30-19/h7-10,12-14,18H,5-6,11,15-16H2,1-4H3,(H,24,26)(H,27,28)/t18-/m0/s1. The molecule has 30 heavy (non-hydrogen) atoms. The van der Waals surface area contributed by atoms with E-state index >= 15 is 0 Å². The van der Waals surface area contributed by atoms with E-state index in [2.05, 4.69) is 12.2 Å². The molecule has 0 radical (unpaired) electrons. The number of alkyl carbamates (subject to hydrolysis) is 1. The number of hydrogen-bond acceptors (Lipinski definition) is 4. The number of hydrogen-bond donors (Lipinski definition) is 2. The maximum absolute atomic E-state index is 12.3. The predicted octanol–water partition coefficient (Wildman–Crippen LogP) is 6.06. The van der Waals surface area contributed by atoms with Crippen LogP contribution >= 0.6 is 11.3 Å². The van der Waals surface area contributed by atoms with Crippen molar-refractivity contribution in [2.24, 2.45) is 0 Å². The molecule has 0 saturated carbocycles. The highest BCUT2D eigenvalue weighted by molar-refractivity contribution is 7.09. The lowest BCUT2D eigenvalue weighted by molar-refractivity contribution is 0.0501. The van der Waals surface area contributed by atoms with Crippen molar-refractivity contribution in [2.45, 2.75) is 71.6 Å². The number of carboxylic acid groups (broad SMARTS) is 1. The van der Waals surface area contributed by atoms with Gasteiger partial charge in [-0.2, -0.15) is 0 Å². The molecule has 0 fully saturated rings. The number of benzene rings is 1. The predicted molar refractivity (Wildman–Crippen MR) is 121 cm³/mol. The summed E-state index contributed by atoms with van der Waals surface area (Å²) in [4.78, 5) is 26.7. The summed E-state index contributed by atoms with van der Waals surface area (Å²) in [5.41, 5.74) is 0.956. The molecule has 6 nitrogen and oxygen atoms in total. The van der Waals surface area contributed by atoms with Crippen molar-refractivity contribution in [3.05, 3.63) is 52.2 Å². The van der Waals surface area contributed by atoms with Crippen LogP contribution in [0.15, 0.2) is 41.8 Å². The number of nitrogens with one attached hydrogen (secondary N) is 1. The van der Waals surface area contributed by atoms with E-state index in [0.29, 0.717) is 18.7 Å². The summed E-state index contributed by atoms with van der Waals surface area (Å²) in [5, 5.41) is 14.7. The molecule has 1 aromatic carbocycles. The van der Waals surface area contributed by atoms with Gasteiger partial charge >= 0.3 is 12.2 Å². The van der Waals surface area contributed by atoms with Crippen molar-refractivity contribution in [3.8, 4) is 0 Å². The van der Waals surface area contributed by atoms with Crippen LogP contribution in [0.4, 0.5) is 15.3 Å². The van der Waals surface area contributed by atoms with Crippen molar-refractivity contribution in [3.63, 3.8) is 0 Å². The van der Waals surface area contributed by atoms with Gasteiger partial charge in [0.05, 0.1) is 12.2 Å². The van der Waals surface area contributed by atoms with E-state index in [-0.39, 0.29) is 6.04 Å². The van der Waals surface area contributed by atoms with Crippen molar-refractivity contribution in [1.29, 1.82) is 0 Å². The fourth-order valence-electron chi connectivity index (χ4n) is 3.18. The molecule has 2 N–H and O–H groups in total. The van der Waals surface area contributed by atoms with Crippen LogP contribution in [-0.2, 0) is 17.7 Å². The molecule has 164 valence electrons. The fourth-order valence-corrected chi connectivity index (χ4v) is 3.87. The first-order valence-electron chi connectivity index (χ1n) is 10.3. The molecule has 0 bridgehead atoms. The molecule has 0 unspecified atom stereocenters. The minimum absolute atomic E-state index is 0.140. The SMILES string of the molecule is CCCC[C@@H](Cc1ccccc1N(Cc1cccs1)C(=O)O)NC(=O)OC(C)(C)C. The third-order valence-electron chi connectivity index (χ3n) is 4.50. The first-order valence-corrected chi connectivity index (χ1v) is 11.2. The maximum atomic E-state index is 12.3. The van der Waals surface area contributed by atoms with E-state index in [4.69, 9.17) is 4.74 Å². The van der Waals surface area contributed by atoms with Crippen LogP contribution in [0.2, 0.25) is 0 Å². The Morgan fingerprint density at radius 3 is 2.53 bits per heavy atom. The quantitative estimate of drug-likeness (QED) is 0.505. The molecular weight excluding hydrogens is 400 g/mol. The molecule has 0 spiro atoms. The van der Waals surface area contributed by atoms with Gasteiger partial charge in [-0.15, -0.1) is 11.3 Å². The largest absolute Gasteiger partial charge is 0.465 e. The van der Waals surface area contributed by atoms with Gasteiger partial charge in [0.2, 0.25) is 0 Å². The third-order valence-corrected chi connectivity index (χ3v) is 5.36.